The zero-order valence-corrected chi connectivity index (χ0v) is 17.3. The number of methoxy groups -OCH3 is 1. The molecule has 2 aromatic carbocycles. The molecule has 0 aromatic heterocycles. The van der Waals surface area contributed by atoms with Gasteiger partial charge in [-0.3, -0.25) is 25.2 Å². The van der Waals surface area contributed by atoms with Crippen molar-refractivity contribution in [3.63, 3.8) is 0 Å². The smallest absolute Gasteiger partial charge is 0.269 e. The Morgan fingerprint density at radius 2 is 1.83 bits per heavy atom. The van der Waals surface area contributed by atoms with Gasteiger partial charge >= 0.3 is 0 Å². The molecule has 2 aromatic rings. The highest BCUT2D eigenvalue weighted by atomic mass is 35.5. The van der Waals surface area contributed by atoms with Crippen LogP contribution in [0.1, 0.15) is 23.7 Å². The largest absolute Gasteiger partial charge is 0.495 e. The van der Waals surface area contributed by atoms with Gasteiger partial charge in [0.05, 0.1) is 17.8 Å². The number of para-hydroxylation sites is 2. The third-order valence-electron chi connectivity index (χ3n) is 4.58. The molecule has 1 saturated carbocycles. The number of hydrogen-bond donors (Lipinski definition) is 3. The molecule has 8 nitrogen and oxygen atoms in total. The number of nitrogens with one attached hydrogen (secondary N) is 3. The van der Waals surface area contributed by atoms with E-state index in [0.717, 1.165) is 12.5 Å². The first-order chi connectivity index (χ1) is 13.7. The Bertz CT molecular complexity index is 1060. The van der Waals surface area contributed by atoms with Gasteiger partial charge in [-0.2, -0.15) is 0 Å². The summed E-state index contributed by atoms with van der Waals surface area (Å²) in [6.45, 7) is 1.94. The van der Waals surface area contributed by atoms with Gasteiger partial charge in [-0.25, -0.2) is 8.42 Å². The second-order valence-electron chi connectivity index (χ2n) is 6.71. The number of ether oxygens (including phenoxy) is 1. The lowest BCUT2D eigenvalue weighted by molar-refractivity contribution is -0.123. The van der Waals surface area contributed by atoms with E-state index in [1.54, 1.807) is 18.2 Å². The Kier molecular flexibility index (Phi) is 5.99. The minimum absolute atomic E-state index is 0.0268. The summed E-state index contributed by atoms with van der Waals surface area (Å²) in [5.74, 6) is -0.414. The number of amides is 2. The van der Waals surface area contributed by atoms with Crippen LogP contribution >= 0.6 is 11.6 Å². The third-order valence-corrected chi connectivity index (χ3v) is 6.43. The Labute approximate surface area is 173 Å². The van der Waals surface area contributed by atoms with Gasteiger partial charge in [0, 0.05) is 11.5 Å². The average Bonchev–Trinajstić information content (AvgIpc) is 3.43. The molecule has 0 saturated heterocycles. The summed E-state index contributed by atoms with van der Waals surface area (Å²) in [5, 5.41) is -0.0558. The van der Waals surface area contributed by atoms with Crippen LogP contribution in [-0.2, 0) is 14.8 Å². The quantitative estimate of drug-likeness (QED) is 0.601. The van der Waals surface area contributed by atoms with E-state index in [9.17, 15) is 18.0 Å². The Hall–Kier alpha value is -2.78. The van der Waals surface area contributed by atoms with Crippen molar-refractivity contribution in [1.29, 1.82) is 0 Å². The maximum absolute atomic E-state index is 12.8. The molecule has 0 heterocycles. The van der Waals surface area contributed by atoms with Crippen LogP contribution in [0.2, 0.25) is 5.02 Å². The van der Waals surface area contributed by atoms with Crippen molar-refractivity contribution in [2.24, 2.45) is 11.8 Å². The first-order valence-electron chi connectivity index (χ1n) is 8.78. The molecule has 0 radical (unpaired) electrons. The van der Waals surface area contributed by atoms with Crippen molar-refractivity contribution >= 4 is 39.1 Å². The molecule has 1 aliphatic carbocycles. The fourth-order valence-electron chi connectivity index (χ4n) is 2.75. The number of carbonyl (C=O) groups is 2. The van der Waals surface area contributed by atoms with Crippen LogP contribution in [0.3, 0.4) is 0 Å². The minimum Gasteiger partial charge on any atom is -0.495 e. The lowest BCUT2D eigenvalue weighted by Crippen LogP contribution is -2.42. The first kappa shape index (κ1) is 20.9. The molecular weight excluding hydrogens is 418 g/mol. The molecule has 3 N–H and O–H groups in total. The number of hydrazine groups is 1. The van der Waals surface area contributed by atoms with Crippen LogP contribution in [0.15, 0.2) is 47.4 Å². The van der Waals surface area contributed by atoms with Gasteiger partial charge < -0.3 is 4.74 Å². The van der Waals surface area contributed by atoms with Gasteiger partial charge in [-0.15, -0.1) is 0 Å². The number of hydrogen-bond acceptors (Lipinski definition) is 5. The van der Waals surface area contributed by atoms with E-state index < -0.39 is 15.9 Å². The lowest BCUT2D eigenvalue weighted by atomic mass is 10.2. The van der Waals surface area contributed by atoms with Gasteiger partial charge in [-0.1, -0.05) is 30.7 Å². The van der Waals surface area contributed by atoms with Gasteiger partial charge in [0.15, 0.2) is 0 Å². The summed E-state index contributed by atoms with van der Waals surface area (Å²) in [7, 11) is -2.69. The number of rotatable bonds is 6. The average molecular weight is 438 g/mol. The van der Waals surface area contributed by atoms with Crippen molar-refractivity contribution in [2.75, 3.05) is 11.8 Å². The van der Waals surface area contributed by atoms with Crippen molar-refractivity contribution in [1.82, 2.24) is 10.9 Å². The Morgan fingerprint density at radius 1 is 1.14 bits per heavy atom. The van der Waals surface area contributed by atoms with E-state index in [0.29, 0.717) is 11.7 Å². The van der Waals surface area contributed by atoms with Crippen LogP contribution in [0.4, 0.5) is 5.69 Å². The summed E-state index contributed by atoms with van der Waals surface area (Å²) in [6, 6.07) is 10.3. The van der Waals surface area contributed by atoms with Gasteiger partial charge in [0.1, 0.15) is 10.6 Å². The molecule has 154 valence electrons. The van der Waals surface area contributed by atoms with Crippen molar-refractivity contribution in [3.05, 3.63) is 53.1 Å². The molecule has 1 aliphatic rings. The SMILES string of the molecule is COc1ccccc1NS(=O)(=O)c1cc(C(=O)NNC(=O)[C@H]2C[C@@H]2C)ccc1Cl. The van der Waals surface area contributed by atoms with Gasteiger partial charge in [0.2, 0.25) is 5.91 Å². The maximum Gasteiger partial charge on any atom is 0.269 e. The number of carbonyl (C=O) groups excluding carboxylic acids is 2. The highest BCUT2D eigenvalue weighted by Gasteiger charge is 2.39. The predicted octanol–water partition coefficient (Wildman–Crippen LogP) is 2.57. The van der Waals surface area contributed by atoms with Crippen LogP contribution < -0.4 is 20.3 Å². The monoisotopic (exact) mass is 437 g/mol. The number of halogens is 1. The van der Waals surface area contributed by atoms with Crippen LogP contribution in [0.5, 0.6) is 5.75 Å². The second-order valence-corrected chi connectivity index (χ2v) is 8.77. The van der Waals surface area contributed by atoms with Crippen LogP contribution in [0, 0.1) is 11.8 Å². The predicted molar refractivity (Wildman–Crippen MR) is 108 cm³/mol. The summed E-state index contributed by atoms with van der Waals surface area (Å²) >= 11 is 6.07. The van der Waals surface area contributed by atoms with E-state index >= 15 is 0 Å². The molecule has 0 aliphatic heterocycles. The number of sulfonamides is 1. The molecule has 0 unspecified atom stereocenters. The van der Waals surface area contributed by atoms with Crippen molar-refractivity contribution in [3.8, 4) is 5.75 Å². The topological polar surface area (TPSA) is 114 Å². The fraction of sp³-hybridized carbons (Fsp3) is 0.263. The van der Waals surface area contributed by atoms with E-state index in [4.69, 9.17) is 16.3 Å². The summed E-state index contributed by atoms with van der Waals surface area (Å²) in [5.41, 5.74) is 4.89. The molecule has 2 amide bonds. The molecule has 3 rings (SSSR count). The van der Waals surface area contributed by atoms with Gasteiger partial charge in [0.25, 0.3) is 15.9 Å². The molecule has 1 fully saturated rings. The molecule has 0 bridgehead atoms. The highest BCUT2D eigenvalue weighted by Crippen LogP contribution is 2.37. The number of anilines is 1. The first-order valence-corrected chi connectivity index (χ1v) is 10.6. The third kappa shape index (κ3) is 4.80. The fourth-order valence-corrected chi connectivity index (χ4v) is 4.35. The van der Waals surface area contributed by atoms with Gasteiger partial charge in [-0.05, 0) is 42.7 Å². The van der Waals surface area contributed by atoms with Crippen LogP contribution in [0.25, 0.3) is 0 Å². The summed E-state index contributed by atoms with van der Waals surface area (Å²) in [6.07, 6.45) is 0.777. The highest BCUT2D eigenvalue weighted by molar-refractivity contribution is 7.92. The molecule has 29 heavy (non-hydrogen) atoms. The van der Waals surface area contributed by atoms with E-state index in [2.05, 4.69) is 15.6 Å². The zero-order chi connectivity index (χ0) is 21.2. The molecule has 2 atom stereocenters. The zero-order valence-electron chi connectivity index (χ0n) is 15.7. The second kappa shape index (κ2) is 8.30. The molecular formula is C19H20ClN3O5S. The lowest BCUT2D eigenvalue weighted by Gasteiger charge is -2.13. The van der Waals surface area contributed by atoms with Crippen LogP contribution in [-0.4, -0.2) is 27.3 Å². The summed E-state index contributed by atoms with van der Waals surface area (Å²) in [4.78, 5) is 23.9. The van der Waals surface area contributed by atoms with Crippen molar-refractivity contribution < 1.29 is 22.7 Å². The van der Waals surface area contributed by atoms with E-state index in [1.807, 2.05) is 6.92 Å². The number of benzene rings is 2. The summed E-state index contributed by atoms with van der Waals surface area (Å²) < 4.78 is 33.2. The normalized spacial score (nSPS) is 17.9. The van der Waals surface area contributed by atoms with E-state index in [1.165, 1.54) is 25.3 Å². The molecule has 10 heteroatoms. The molecule has 0 spiro atoms. The Morgan fingerprint density at radius 3 is 2.48 bits per heavy atom. The minimum atomic E-state index is -4.10. The van der Waals surface area contributed by atoms with Crippen molar-refractivity contribution in [2.45, 2.75) is 18.2 Å². The van der Waals surface area contributed by atoms with E-state index in [-0.39, 0.29) is 33.0 Å². The maximum atomic E-state index is 12.8. The Balaban J connectivity index is 1.78. The standard InChI is InChI=1S/C19H20ClN3O5S/c1-11-9-13(11)19(25)22-21-18(24)12-7-8-14(20)17(10-12)29(26,27)23-15-5-3-4-6-16(15)28-2/h3-8,10-11,13,23H,9H2,1-2H3,(H,21,24)(H,22,25)/t11-,13-/m0/s1.